The van der Waals surface area contributed by atoms with E-state index in [2.05, 4.69) is 10.5 Å². The molecule has 1 heterocycles. The van der Waals surface area contributed by atoms with Gasteiger partial charge in [-0.25, -0.2) is 0 Å². The molecular weight excluding hydrogens is 273 g/mol. The van der Waals surface area contributed by atoms with Crippen molar-refractivity contribution in [3.05, 3.63) is 34.9 Å². The lowest BCUT2D eigenvalue weighted by Gasteiger charge is -2.24. The second-order valence-electron chi connectivity index (χ2n) is 5.03. The van der Waals surface area contributed by atoms with Gasteiger partial charge < -0.3 is 9.84 Å². The number of nitrogens with one attached hydrogen (secondary N) is 1. The summed E-state index contributed by atoms with van der Waals surface area (Å²) in [6.07, 6.45) is -4.55. The van der Waals surface area contributed by atoms with Gasteiger partial charge in [0.05, 0.1) is 23.5 Å². The maximum absolute atomic E-state index is 13.1. The van der Waals surface area contributed by atoms with Crippen molar-refractivity contribution in [1.82, 2.24) is 5.43 Å². The molecule has 0 bridgehead atoms. The SMILES string of the molecule is CC(C)(O)c1ccc(C2=NNCOC2)cc1C(F)(F)F. The van der Waals surface area contributed by atoms with Crippen molar-refractivity contribution in [1.29, 1.82) is 0 Å². The average Bonchev–Trinajstić information content (AvgIpc) is 2.37. The Morgan fingerprint density at radius 3 is 2.45 bits per heavy atom. The van der Waals surface area contributed by atoms with Crippen LogP contribution in [0.2, 0.25) is 0 Å². The highest BCUT2D eigenvalue weighted by Gasteiger charge is 2.37. The summed E-state index contributed by atoms with van der Waals surface area (Å²) in [7, 11) is 0. The zero-order valence-corrected chi connectivity index (χ0v) is 11.1. The van der Waals surface area contributed by atoms with E-state index in [4.69, 9.17) is 4.74 Å². The van der Waals surface area contributed by atoms with Gasteiger partial charge in [0.25, 0.3) is 0 Å². The molecule has 0 aromatic heterocycles. The van der Waals surface area contributed by atoms with E-state index in [-0.39, 0.29) is 18.9 Å². The van der Waals surface area contributed by atoms with E-state index in [0.29, 0.717) is 11.3 Å². The Bertz CT molecular complexity index is 533. The highest BCUT2D eigenvalue weighted by Crippen LogP contribution is 2.37. The van der Waals surface area contributed by atoms with Gasteiger partial charge in [-0.1, -0.05) is 12.1 Å². The molecule has 2 N–H and O–H groups in total. The van der Waals surface area contributed by atoms with Crippen molar-refractivity contribution in [2.45, 2.75) is 25.6 Å². The molecule has 1 aromatic carbocycles. The van der Waals surface area contributed by atoms with Crippen LogP contribution in [-0.4, -0.2) is 24.2 Å². The largest absolute Gasteiger partial charge is 0.416 e. The van der Waals surface area contributed by atoms with E-state index in [1.54, 1.807) is 0 Å². The van der Waals surface area contributed by atoms with Gasteiger partial charge in [-0.3, -0.25) is 5.43 Å². The van der Waals surface area contributed by atoms with Crippen LogP contribution in [-0.2, 0) is 16.5 Å². The van der Waals surface area contributed by atoms with Gasteiger partial charge in [0.15, 0.2) is 0 Å². The van der Waals surface area contributed by atoms with E-state index in [1.165, 1.54) is 26.0 Å². The molecular formula is C13H15F3N2O2. The van der Waals surface area contributed by atoms with Gasteiger partial charge in [-0.15, -0.1) is 0 Å². The third-order valence-electron chi connectivity index (χ3n) is 2.94. The van der Waals surface area contributed by atoms with E-state index in [1.807, 2.05) is 0 Å². The number of halogens is 3. The summed E-state index contributed by atoms with van der Waals surface area (Å²) in [4.78, 5) is 0. The normalized spacial score (nSPS) is 16.6. The molecule has 2 rings (SSSR count). The van der Waals surface area contributed by atoms with Crippen LogP contribution in [0.15, 0.2) is 23.3 Å². The van der Waals surface area contributed by atoms with Crippen LogP contribution in [0.5, 0.6) is 0 Å². The smallest absolute Gasteiger partial charge is 0.386 e. The molecule has 4 nitrogen and oxygen atoms in total. The van der Waals surface area contributed by atoms with Crippen molar-refractivity contribution in [2.75, 3.05) is 13.3 Å². The van der Waals surface area contributed by atoms with Crippen LogP contribution in [0.4, 0.5) is 13.2 Å². The number of benzene rings is 1. The molecule has 7 heteroatoms. The number of alkyl halides is 3. The predicted molar refractivity (Wildman–Crippen MR) is 67.2 cm³/mol. The third-order valence-corrected chi connectivity index (χ3v) is 2.94. The molecule has 0 spiro atoms. The molecule has 1 aliphatic rings. The maximum atomic E-state index is 13.1. The molecule has 0 saturated heterocycles. The fourth-order valence-corrected chi connectivity index (χ4v) is 1.99. The highest BCUT2D eigenvalue weighted by molar-refractivity contribution is 6.01. The molecule has 0 unspecified atom stereocenters. The minimum atomic E-state index is -4.55. The Morgan fingerprint density at radius 1 is 1.25 bits per heavy atom. The predicted octanol–water partition coefficient (Wildman–Crippen LogP) is 2.21. The first kappa shape index (κ1) is 14.8. The fourth-order valence-electron chi connectivity index (χ4n) is 1.99. The Morgan fingerprint density at radius 2 is 1.95 bits per heavy atom. The first-order valence-corrected chi connectivity index (χ1v) is 6.01. The van der Waals surface area contributed by atoms with E-state index in [9.17, 15) is 18.3 Å². The molecule has 0 atom stereocenters. The summed E-state index contributed by atoms with van der Waals surface area (Å²) in [5.74, 6) is 0. The first-order valence-electron chi connectivity index (χ1n) is 6.01. The van der Waals surface area contributed by atoms with E-state index < -0.39 is 17.3 Å². The Labute approximate surface area is 114 Å². The lowest BCUT2D eigenvalue weighted by Crippen LogP contribution is -2.27. The monoisotopic (exact) mass is 288 g/mol. The van der Waals surface area contributed by atoms with Crippen molar-refractivity contribution in [3.63, 3.8) is 0 Å². The van der Waals surface area contributed by atoms with Gasteiger partial charge in [0.2, 0.25) is 0 Å². The number of hydrogen-bond acceptors (Lipinski definition) is 4. The molecule has 20 heavy (non-hydrogen) atoms. The second kappa shape index (κ2) is 5.06. The Kier molecular flexibility index (Phi) is 3.75. The van der Waals surface area contributed by atoms with Crippen LogP contribution in [0, 0.1) is 0 Å². The van der Waals surface area contributed by atoms with Crippen LogP contribution in [0.25, 0.3) is 0 Å². The van der Waals surface area contributed by atoms with Gasteiger partial charge in [0.1, 0.15) is 6.73 Å². The van der Waals surface area contributed by atoms with E-state index in [0.717, 1.165) is 6.07 Å². The average molecular weight is 288 g/mol. The zero-order valence-electron chi connectivity index (χ0n) is 11.1. The lowest BCUT2D eigenvalue weighted by molar-refractivity contribution is -0.140. The topological polar surface area (TPSA) is 53.9 Å². The third kappa shape index (κ3) is 3.10. The quantitative estimate of drug-likeness (QED) is 0.877. The second-order valence-corrected chi connectivity index (χ2v) is 5.03. The summed E-state index contributed by atoms with van der Waals surface area (Å²) in [5.41, 5.74) is 0.672. The molecule has 1 aromatic rings. The molecule has 0 fully saturated rings. The number of hydrogen-bond donors (Lipinski definition) is 2. The number of hydrazone groups is 1. The van der Waals surface area contributed by atoms with Crippen molar-refractivity contribution in [3.8, 4) is 0 Å². The molecule has 0 radical (unpaired) electrons. The van der Waals surface area contributed by atoms with Crippen LogP contribution in [0.1, 0.15) is 30.5 Å². The van der Waals surface area contributed by atoms with Gasteiger partial charge >= 0.3 is 6.18 Å². The van der Waals surface area contributed by atoms with Crippen molar-refractivity contribution < 1.29 is 23.0 Å². The fraction of sp³-hybridized carbons (Fsp3) is 0.462. The van der Waals surface area contributed by atoms with Gasteiger partial charge in [-0.2, -0.15) is 18.3 Å². The van der Waals surface area contributed by atoms with E-state index >= 15 is 0 Å². The lowest BCUT2D eigenvalue weighted by atomic mass is 9.90. The summed E-state index contributed by atoms with van der Waals surface area (Å²) >= 11 is 0. The van der Waals surface area contributed by atoms with Crippen LogP contribution in [0.3, 0.4) is 0 Å². The summed E-state index contributed by atoms with van der Waals surface area (Å²) in [6.45, 7) is 3.02. The van der Waals surface area contributed by atoms with Crippen molar-refractivity contribution >= 4 is 5.71 Å². The first-order chi connectivity index (χ1) is 9.19. The summed E-state index contributed by atoms with van der Waals surface area (Å²) < 4.78 is 44.5. The summed E-state index contributed by atoms with van der Waals surface area (Å²) in [5, 5.41) is 13.8. The van der Waals surface area contributed by atoms with Gasteiger partial charge in [-0.05, 0) is 25.5 Å². The highest BCUT2D eigenvalue weighted by atomic mass is 19.4. The van der Waals surface area contributed by atoms with Gasteiger partial charge in [0, 0.05) is 5.56 Å². The summed E-state index contributed by atoms with van der Waals surface area (Å²) in [6, 6.07) is 3.76. The van der Waals surface area contributed by atoms with Crippen LogP contribution < -0.4 is 5.43 Å². The Hall–Kier alpha value is -1.60. The molecule has 110 valence electrons. The number of nitrogens with zero attached hydrogens (tertiary/aromatic N) is 1. The minimum absolute atomic E-state index is 0.145. The number of ether oxygens (including phenoxy) is 1. The standard InChI is InChI=1S/C13H15F3N2O2/c1-12(2,19)9-4-3-8(5-10(9)13(14,15)16)11-6-20-7-17-18-11/h3-5,17,19H,6-7H2,1-2H3. The van der Waals surface area contributed by atoms with Crippen molar-refractivity contribution in [2.24, 2.45) is 5.10 Å². The zero-order chi connectivity index (χ0) is 15.0. The Balaban J connectivity index is 2.52. The number of aliphatic hydroxyl groups is 1. The number of rotatable bonds is 2. The maximum Gasteiger partial charge on any atom is 0.416 e. The molecule has 0 saturated carbocycles. The minimum Gasteiger partial charge on any atom is -0.386 e. The molecule has 0 amide bonds. The molecule has 1 aliphatic heterocycles. The molecule has 0 aliphatic carbocycles. The van der Waals surface area contributed by atoms with Crippen LogP contribution >= 0.6 is 0 Å².